The zero-order valence-electron chi connectivity index (χ0n) is 32.7. The molecular formula is C56H42N2. The highest BCUT2D eigenvalue weighted by Crippen LogP contribution is 2.44. The van der Waals surface area contributed by atoms with Crippen molar-refractivity contribution in [3.05, 3.63) is 226 Å². The fourth-order valence-electron chi connectivity index (χ4n) is 8.37. The van der Waals surface area contributed by atoms with E-state index in [1.54, 1.807) is 0 Å². The highest BCUT2D eigenvalue weighted by atomic mass is 15.2. The summed E-state index contributed by atoms with van der Waals surface area (Å²) in [5.41, 5.74) is 21.6. The maximum absolute atomic E-state index is 2.37. The van der Waals surface area contributed by atoms with Crippen LogP contribution in [0.1, 0.15) is 44.5 Å². The Morgan fingerprint density at radius 2 is 0.603 bits per heavy atom. The lowest BCUT2D eigenvalue weighted by Gasteiger charge is -2.27. The second-order valence-corrected chi connectivity index (χ2v) is 15.1. The molecule has 0 aliphatic carbocycles. The Kier molecular flexibility index (Phi) is 9.01. The number of anilines is 6. The molecule has 8 aromatic rings. The summed E-state index contributed by atoms with van der Waals surface area (Å²) in [4.78, 5) is 4.73. The molecule has 2 aliphatic heterocycles. The minimum Gasteiger partial charge on any atom is -0.309 e. The molecular weight excluding hydrogens is 701 g/mol. The van der Waals surface area contributed by atoms with Crippen molar-refractivity contribution in [2.24, 2.45) is 0 Å². The van der Waals surface area contributed by atoms with Crippen LogP contribution in [-0.2, 0) is 0 Å². The van der Waals surface area contributed by atoms with Gasteiger partial charge in [0, 0.05) is 11.4 Å². The fraction of sp³-hybridized carbons (Fsp3) is 0.0357. The Labute approximate surface area is 341 Å². The Morgan fingerprint density at radius 3 is 0.914 bits per heavy atom. The average Bonchev–Trinajstić information content (AvgIpc) is 3.55. The molecule has 2 nitrogen and oxygen atoms in total. The van der Waals surface area contributed by atoms with Crippen LogP contribution in [0.2, 0.25) is 0 Å². The van der Waals surface area contributed by atoms with Crippen molar-refractivity contribution < 1.29 is 0 Å². The van der Waals surface area contributed by atoms with E-state index >= 15 is 0 Å². The topological polar surface area (TPSA) is 6.48 Å². The van der Waals surface area contributed by atoms with E-state index in [9.17, 15) is 0 Å². The van der Waals surface area contributed by atoms with Gasteiger partial charge in [0.15, 0.2) is 0 Å². The van der Waals surface area contributed by atoms with Crippen LogP contribution in [0, 0.1) is 13.8 Å². The van der Waals surface area contributed by atoms with Gasteiger partial charge in [0.25, 0.3) is 0 Å². The van der Waals surface area contributed by atoms with Crippen molar-refractivity contribution in [2.45, 2.75) is 13.8 Å². The van der Waals surface area contributed by atoms with Gasteiger partial charge in [0.05, 0.1) is 22.7 Å². The van der Waals surface area contributed by atoms with Crippen LogP contribution in [0.25, 0.3) is 58.7 Å². The SMILES string of the molecule is Cc1cc(-c2ccc(N3c4ccccc4C=Cc4ccccc43)cc2)ccc1C=Cc1ccc(-c2ccc(N3c4ccccc4C=Cc4ccccc43)cc2)cc1C. The van der Waals surface area contributed by atoms with Gasteiger partial charge in [-0.3, -0.25) is 0 Å². The van der Waals surface area contributed by atoms with Crippen molar-refractivity contribution in [3.63, 3.8) is 0 Å². The first-order valence-corrected chi connectivity index (χ1v) is 20.0. The number of para-hydroxylation sites is 4. The predicted octanol–water partition coefficient (Wildman–Crippen LogP) is 15.7. The largest absolute Gasteiger partial charge is 0.309 e. The average molecular weight is 743 g/mol. The summed E-state index contributed by atoms with van der Waals surface area (Å²) >= 11 is 0. The van der Waals surface area contributed by atoms with Crippen LogP contribution < -0.4 is 9.80 Å². The van der Waals surface area contributed by atoms with Crippen molar-refractivity contribution >= 4 is 70.6 Å². The summed E-state index contributed by atoms with van der Waals surface area (Å²) in [6.07, 6.45) is 13.3. The van der Waals surface area contributed by atoms with E-state index in [-0.39, 0.29) is 0 Å². The maximum Gasteiger partial charge on any atom is 0.0534 e. The third kappa shape index (κ3) is 6.55. The molecule has 0 aromatic heterocycles. The van der Waals surface area contributed by atoms with E-state index in [0.717, 1.165) is 11.4 Å². The van der Waals surface area contributed by atoms with E-state index < -0.39 is 0 Å². The molecule has 2 aliphatic rings. The second kappa shape index (κ2) is 14.9. The minimum absolute atomic E-state index is 1.14. The first kappa shape index (κ1) is 35.0. The first-order chi connectivity index (χ1) is 28.6. The molecule has 8 aromatic carbocycles. The van der Waals surface area contributed by atoms with Crippen molar-refractivity contribution in [1.82, 2.24) is 0 Å². The Bertz CT molecular complexity index is 2610. The van der Waals surface area contributed by atoms with Gasteiger partial charge < -0.3 is 9.80 Å². The molecule has 0 atom stereocenters. The summed E-state index contributed by atoms with van der Waals surface area (Å²) in [7, 11) is 0. The monoisotopic (exact) mass is 742 g/mol. The lowest BCUT2D eigenvalue weighted by molar-refractivity contribution is 1.28. The van der Waals surface area contributed by atoms with E-state index in [2.05, 4.69) is 242 Å². The van der Waals surface area contributed by atoms with Crippen LogP contribution in [0.4, 0.5) is 34.1 Å². The smallest absolute Gasteiger partial charge is 0.0534 e. The number of hydrogen-bond acceptors (Lipinski definition) is 2. The van der Waals surface area contributed by atoms with Gasteiger partial charge in [0.2, 0.25) is 0 Å². The summed E-state index contributed by atoms with van der Waals surface area (Å²) in [6.45, 7) is 4.41. The highest BCUT2D eigenvalue weighted by molar-refractivity contribution is 5.95. The van der Waals surface area contributed by atoms with E-state index in [1.165, 1.54) is 89.5 Å². The standard InChI is InChI=1S/C56H42N2/c1-39-37-49(43-29-33-51(34-30-43)57-53-15-7-3-11-45(53)23-24-46-12-4-8-16-54(46)57)27-21-41(39)19-20-42-22-28-50(38-40(42)2)44-31-35-52(36-32-44)58-55-17-9-5-13-47(55)25-26-48-14-6-10-18-56(48)58/h3-38H,1-2H3. The second-order valence-electron chi connectivity index (χ2n) is 15.1. The quantitative estimate of drug-likeness (QED) is 0.157. The molecule has 0 N–H and O–H groups in total. The van der Waals surface area contributed by atoms with Crippen LogP contribution in [0.3, 0.4) is 0 Å². The van der Waals surface area contributed by atoms with Gasteiger partial charge in [-0.25, -0.2) is 0 Å². The molecule has 0 unspecified atom stereocenters. The molecule has 0 saturated heterocycles. The van der Waals surface area contributed by atoms with Crippen molar-refractivity contribution in [1.29, 1.82) is 0 Å². The fourth-order valence-corrected chi connectivity index (χ4v) is 8.37. The lowest BCUT2D eigenvalue weighted by Crippen LogP contribution is -2.11. The predicted molar refractivity (Wildman–Crippen MR) is 249 cm³/mol. The van der Waals surface area contributed by atoms with Gasteiger partial charge in [-0.2, -0.15) is 0 Å². The van der Waals surface area contributed by atoms with Crippen molar-refractivity contribution in [3.8, 4) is 22.3 Å². The molecule has 10 rings (SSSR count). The molecule has 0 amide bonds. The number of rotatable bonds is 6. The number of benzene rings is 8. The van der Waals surface area contributed by atoms with Crippen LogP contribution >= 0.6 is 0 Å². The summed E-state index contributed by atoms with van der Waals surface area (Å²) < 4.78 is 0. The molecule has 0 spiro atoms. The third-order valence-electron chi connectivity index (χ3n) is 11.5. The summed E-state index contributed by atoms with van der Waals surface area (Å²) in [6, 6.07) is 65.9. The van der Waals surface area contributed by atoms with Gasteiger partial charge in [-0.05, 0) is 129 Å². The normalized spacial score (nSPS) is 12.7. The number of nitrogens with zero attached hydrogens (tertiary/aromatic N) is 2. The highest BCUT2D eigenvalue weighted by Gasteiger charge is 2.21. The summed E-state index contributed by atoms with van der Waals surface area (Å²) in [5, 5.41) is 0. The molecule has 0 bridgehead atoms. The molecule has 0 radical (unpaired) electrons. The van der Waals surface area contributed by atoms with E-state index in [0.29, 0.717) is 0 Å². The zero-order valence-corrected chi connectivity index (χ0v) is 32.7. The zero-order chi connectivity index (χ0) is 39.0. The third-order valence-corrected chi connectivity index (χ3v) is 11.5. The molecule has 2 heteroatoms. The van der Waals surface area contributed by atoms with Gasteiger partial charge in [0.1, 0.15) is 0 Å². The van der Waals surface area contributed by atoms with Gasteiger partial charge in [-0.15, -0.1) is 0 Å². The van der Waals surface area contributed by atoms with Gasteiger partial charge in [-0.1, -0.05) is 170 Å². The molecule has 276 valence electrons. The first-order valence-electron chi connectivity index (χ1n) is 20.0. The molecule has 0 saturated carbocycles. The van der Waals surface area contributed by atoms with E-state index in [1.807, 2.05) is 0 Å². The Hall–Kier alpha value is -7.42. The van der Waals surface area contributed by atoms with E-state index in [4.69, 9.17) is 0 Å². The maximum atomic E-state index is 2.37. The van der Waals surface area contributed by atoms with Gasteiger partial charge >= 0.3 is 0 Å². The molecule has 0 fully saturated rings. The Balaban J connectivity index is 0.863. The number of hydrogen-bond donors (Lipinski definition) is 0. The van der Waals surface area contributed by atoms with Crippen LogP contribution in [0.5, 0.6) is 0 Å². The van der Waals surface area contributed by atoms with Crippen LogP contribution in [-0.4, -0.2) is 0 Å². The van der Waals surface area contributed by atoms with Crippen LogP contribution in [0.15, 0.2) is 182 Å². The Morgan fingerprint density at radius 1 is 0.310 bits per heavy atom. The summed E-state index contributed by atoms with van der Waals surface area (Å²) in [5.74, 6) is 0. The number of aryl methyl sites for hydroxylation is 2. The minimum atomic E-state index is 1.14. The number of fused-ring (bicyclic) bond motifs is 4. The lowest BCUT2D eigenvalue weighted by atomic mass is 9.97. The molecule has 58 heavy (non-hydrogen) atoms. The molecule has 2 heterocycles. The van der Waals surface area contributed by atoms with Crippen molar-refractivity contribution in [2.75, 3.05) is 9.80 Å².